The number of nitrogens with one attached hydrogen (secondary N) is 1. The molecule has 0 spiro atoms. The molecular weight excluding hydrogens is 210 g/mol. The lowest BCUT2D eigenvalue weighted by atomic mass is 10.0. The minimum Gasteiger partial charge on any atom is -0.489 e. The molecule has 0 aliphatic heterocycles. The third-order valence-corrected chi connectivity index (χ3v) is 2.54. The standard InChI is InChI=1S/C15H21NO/c1-5-10-16-11-13(4)17-15-8-6-14(7-9-15)12(2)3/h1,6-9,12-13,16H,10-11H2,2-4H3. The topological polar surface area (TPSA) is 21.3 Å². The van der Waals surface area contributed by atoms with Gasteiger partial charge in [-0.1, -0.05) is 31.9 Å². The van der Waals surface area contributed by atoms with Crippen LogP contribution in [0.4, 0.5) is 0 Å². The van der Waals surface area contributed by atoms with E-state index in [-0.39, 0.29) is 6.10 Å². The van der Waals surface area contributed by atoms with Gasteiger partial charge in [0.15, 0.2) is 0 Å². The van der Waals surface area contributed by atoms with Crippen molar-refractivity contribution in [2.45, 2.75) is 32.8 Å². The Kier molecular flexibility index (Phi) is 5.59. The molecule has 2 nitrogen and oxygen atoms in total. The van der Waals surface area contributed by atoms with Crippen LogP contribution in [0.5, 0.6) is 5.75 Å². The van der Waals surface area contributed by atoms with Crippen molar-refractivity contribution in [1.29, 1.82) is 0 Å². The van der Waals surface area contributed by atoms with Crippen LogP contribution in [0, 0.1) is 12.3 Å². The molecule has 17 heavy (non-hydrogen) atoms. The van der Waals surface area contributed by atoms with E-state index in [4.69, 9.17) is 11.2 Å². The molecule has 0 saturated carbocycles. The monoisotopic (exact) mass is 231 g/mol. The van der Waals surface area contributed by atoms with Gasteiger partial charge >= 0.3 is 0 Å². The first-order valence-electron chi connectivity index (χ1n) is 6.04. The highest BCUT2D eigenvalue weighted by molar-refractivity contribution is 5.29. The van der Waals surface area contributed by atoms with Crippen LogP contribution in [-0.2, 0) is 0 Å². The molecule has 1 aromatic carbocycles. The highest BCUT2D eigenvalue weighted by atomic mass is 16.5. The number of terminal acetylenes is 1. The van der Waals surface area contributed by atoms with Crippen LogP contribution < -0.4 is 10.1 Å². The Morgan fingerprint density at radius 1 is 1.24 bits per heavy atom. The van der Waals surface area contributed by atoms with E-state index in [1.165, 1.54) is 5.56 Å². The van der Waals surface area contributed by atoms with Crippen molar-refractivity contribution in [2.75, 3.05) is 13.1 Å². The molecule has 1 atom stereocenters. The molecule has 1 N–H and O–H groups in total. The summed E-state index contributed by atoms with van der Waals surface area (Å²) in [6, 6.07) is 8.27. The fourth-order valence-corrected chi connectivity index (χ4v) is 1.55. The van der Waals surface area contributed by atoms with Gasteiger partial charge < -0.3 is 10.1 Å². The predicted octanol–water partition coefficient (Wildman–Crippen LogP) is 2.80. The van der Waals surface area contributed by atoms with Gasteiger partial charge in [-0.2, -0.15) is 0 Å². The number of benzene rings is 1. The minimum absolute atomic E-state index is 0.119. The molecule has 1 rings (SSSR count). The fourth-order valence-electron chi connectivity index (χ4n) is 1.55. The molecular formula is C15H21NO. The summed E-state index contributed by atoms with van der Waals surface area (Å²) in [5.74, 6) is 4.00. The van der Waals surface area contributed by atoms with E-state index >= 15 is 0 Å². The van der Waals surface area contributed by atoms with E-state index in [0.717, 1.165) is 12.3 Å². The van der Waals surface area contributed by atoms with Gasteiger partial charge in [0.2, 0.25) is 0 Å². The summed E-state index contributed by atoms with van der Waals surface area (Å²) < 4.78 is 5.76. The van der Waals surface area contributed by atoms with Crippen LogP contribution in [0.2, 0.25) is 0 Å². The zero-order valence-corrected chi connectivity index (χ0v) is 10.9. The maximum absolute atomic E-state index is 5.76. The van der Waals surface area contributed by atoms with Gasteiger partial charge in [0.25, 0.3) is 0 Å². The minimum atomic E-state index is 0.119. The van der Waals surface area contributed by atoms with Crippen LogP contribution in [-0.4, -0.2) is 19.2 Å². The smallest absolute Gasteiger partial charge is 0.119 e. The maximum atomic E-state index is 5.76. The Morgan fingerprint density at radius 3 is 2.41 bits per heavy atom. The van der Waals surface area contributed by atoms with E-state index in [9.17, 15) is 0 Å². The molecule has 1 aromatic rings. The van der Waals surface area contributed by atoms with Gasteiger partial charge in [-0.25, -0.2) is 0 Å². The molecule has 0 saturated heterocycles. The second-order valence-electron chi connectivity index (χ2n) is 4.49. The molecule has 0 radical (unpaired) electrons. The second kappa shape index (κ2) is 6.98. The summed E-state index contributed by atoms with van der Waals surface area (Å²) in [5.41, 5.74) is 1.33. The van der Waals surface area contributed by atoms with Gasteiger partial charge in [-0.15, -0.1) is 6.42 Å². The number of hydrogen-bond donors (Lipinski definition) is 1. The molecule has 0 aliphatic rings. The quantitative estimate of drug-likeness (QED) is 0.600. The van der Waals surface area contributed by atoms with Crippen LogP contribution in [0.3, 0.4) is 0 Å². The largest absolute Gasteiger partial charge is 0.489 e. The molecule has 0 heterocycles. The van der Waals surface area contributed by atoms with E-state index in [2.05, 4.69) is 37.2 Å². The molecule has 2 heteroatoms. The van der Waals surface area contributed by atoms with Crippen molar-refractivity contribution in [3.8, 4) is 18.1 Å². The predicted molar refractivity (Wildman–Crippen MR) is 72.3 cm³/mol. The Hall–Kier alpha value is -1.46. The number of rotatable bonds is 6. The SMILES string of the molecule is C#CCNCC(C)Oc1ccc(C(C)C)cc1. The Labute approximate surface area is 104 Å². The van der Waals surface area contributed by atoms with Crippen molar-refractivity contribution < 1.29 is 4.74 Å². The van der Waals surface area contributed by atoms with E-state index in [1.54, 1.807) is 0 Å². The number of ether oxygens (including phenoxy) is 1. The summed E-state index contributed by atoms with van der Waals surface area (Å²) in [6.07, 6.45) is 5.28. The summed E-state index contributed by atoms with van der Waals surface area (Å²) in [5, 5.41) is 3.12. The van der Waals surface area contributed by atoms with Gasteiger partial charge in [0.1, 0.15) is 11.9 Å². The summed E-state index contributed by atoms with van der Waals surface area (Å²) in [6.45, 7) is 7.74. The van der Waals surface area contributed by atoms with E-state index in [1.807, 2.05) is 19.1 Å². The zero-order chi connectivity index (χ0) is 12.7. The average molecular weight is 231 g/mol. The normalized spacial score (nSPS) is 12.2. The van der Waals surface area contributed by atoms with Crippen molar-refractivity contribution >= 4 is 0 Å². The third-order valence-electron chi connectivity index (χ3n) is 2.54. The molecule has 0 bridgehead atoms. The molecule has 0 aromatic heterocycles. The average Bonchev–Trinajstić information content (AvgIpc) is 2.30. The van der Waals surface area contributed by atoms with Gasteiger partial charge in [-0.05, 0) is 30.5 Å². The molecule has 0 aliphatic carbocycles. The summed E-state index contributed by atoms with van der Waals surface area (Å²) in [7, 11) is 0. The van der Waals surface area contributed by atoms with Gasteiger partial charge in [0.05, 0.1) is 6.54 Å². The molecule has 0 fully saturated rings. The Balaban J connectivity index is 2.43. The molecule has 1 unspecified atom stereocenters. The van der Waals surface area contributed by atoms with Crippen molar-refractivity contribution in [3.05, 3.63) is 29.8 Å². The van der Waals surface area contributed by atoms with E-state index in [0.29, 0.717) is 12.5 Å². The lowest BCUT2D eigenvalue weighted by Crippen LogP contribution is -2.29. The first-order chi connectivity index (χ1) is 8.13. The van der Waals surface area contributed by atoms with Crippen LogP contribution in [0.15, 0.2) is 24.3 Å². The van der Waals surface area contributed by atoms with Crippen LogP contribution >= 0.6 is 0 Å². The summed E-state index contributed by atoms with van der Waals surface area (Å²) >= 11 is 0. The first-order valence-corrected chi connectivity index (χ1v) is 6.04. The second-order valence-corrected chi connectivity index (χ2v) is 4.49. The Morgan fingerprint density at radius 2 is 1.88 bits per heavy atom. The highest BCUT2D eigenvalue weighted by Crippen LogP contribution is 2.19. The van der Waals surface area contributed by atoms with E-state index < -0.39 is 0 Å². The van der Waals surface area contributed by atoms with Crippen molar-refractivity contribution in [3.63, 3.8) is 0 Å². The van der Waals surface area contributed by atoms with Crippen LogP contribution in [0.1, 0.15) is 32.3 Å². The van der Waals surface area contributed by atoms with Gasteiger partial charge in [-0.3, -0.25) is 0 Å². The lowest BCUT2D eigenvalue weighted by molar-refractivity contribution is 0.219. The van der Waals surface area contributed by atoms with Gasteiger partial charge in [0, 0.05) is 6.54 Å². The van der Waals surface area contributed by atoms with Crippen molar-refractivity contribution in [1.82, 2.24) is 5.32 Å². The van der Waals surface area contributed by atoms with Crippen molar-refractivity contribution in [2.24, 2.45) is 0 Å². The zero-order valence-electron chi connectivity index (χ0n) is 10.9. The number of hydrogen-bond acceptors (Lipinski definition) is 2. The molecule has 0 amide bonds. The summed E-state index contributed by atoms with van der Waals surface area (Å²) in [4.78, 5) is 0. The highest BCUT2D eigenvalue weighted by Gasteiger charge is 2.04. The lowest BCUT2D eigenvalue weighted by Gasteiger charge is -2.15. The fraction of sp³-hybridized carbons (Fsp3) is 0.467. The maximum Gasteiger partial charge on any atom is 0.119 e. The third kappa shape index (κ3) is 4.93. The molecule has 92 valence electrons. The Bertz CT molecular complexity index is 362. The van der Waals surface area contributed by atoms with Crippen LogP contribution in [0.25, 0.3) is 0 Å². The first kappa shape index (κ1) is 13.6.